The van der Waals surface area contributed by atoms with Crippen LogP contribution in [0.1, 0.15) is 11.7 Å². The molecule has 1 aliphatic heterocycles. The number of aliphatic hydroxyl groups is 2. The maximum atomic E-state index is 11.6. The minimum absolute atomic E-state index is 0.136. The van der Waals surface area contributed by atoms with E-state index in [0.29, 0.717) is 0 Å². The molecule has 2 rings (SSSR count). The molecule has 1 aromatic rings. The highest BCUT2D eigenvalue weighted by atomic mass is 16.6. The van der Waals surface area contributed by atoms with E-state index in [1.54, 1.807) is 0 Å². The van der Waals surface area contributed by atoms with Crippen molar-refractivity contribution in [2.75, 3.05) is 13.7 Å². The lowest BCUT2D eigenvalue weighted by molar-refractivity contribution is -0.0240. The van der Waals surface area contributed by atoms with E-state index in [0.717, 1.165) is 0 Å². The Morgan fingerprint density at radius 3 is 2.78 bits per heavy atom. The molecular weight excluding hydrogens is 244 g/mol. The van der Waals surface area contributed by atoms with Gasteiger partial charge in [0, 0.05) is 13.3 Å². The van der Waals surface area contributed by atoms with Gasteiger partial charge in [0.2, 0.25) is 0 Å². The molecule has 1 aromatic heterocycles. The molecule has 0 saturated carbocycles. The highest BCUT2D eigenvalue weighted by Crippen LogP contribution is 2.33. The fraction of sp³-hybridized carbons (Fsp3) is 0.600. The van der Waals surface area contributed by atoms with Crippen molar-refractivity contribution >= 4 is 0 Å². The first-order valence-electron chi connectivity index (χ1n) is 5.37. The number of hydrogen-bond donors (Lipinski definition) is 4. The van der Waals surface area contributed by atoms with Crippen molar-refractivity contribution in [2.24, 2.45) is 0 Å². The lowest BCUT2D eigenvalue weighted by Crippen LogP contribution is -2.35. The summed E-state index contributed by atoms with van der Waals surface area (Å²) in [4.78, 5) is 26.9. The monoisotopic (exact) mass is 258 g/mol. The summed E-state index contributed by atoms with van der Waals surface area (Å²) in [6.07, 6.45) is -2.29. The number of aromatic nitrogens is 2. The van der Waals surface area contributed by atoms with Gasteiger partial charge in [-0.3, -0.25) is 9.78 Å². The van der Waals surface area contributed by atoms with Crippen molar-refractivity contribution in [1.29, 1.82) is 0 Å². The van der Waals surface area contributed by atoms with Gasteiger partial charge in [0.15, 0.2) is 0 Å². The molecule has 1 saturated heterocycles. The average molecular weight is 258 g/mol. The first-order valence-corrected chi connectivity index (χ1v) is 5.37. The maximum absolute atomic E-state index is 11.6. The van der Waals surface area contributed by atoms with Crippen LogP contribution in [0.2, 0.25) is 0 Å². The second-order valence-corrected chi connectivity index (χ2v) is 4.00. The molecule has 0 spiro atoms. The summed E-state index contributed by atoms with van der Waals surface area (Å²) in [6.45, 7) is -0.390. The van der Waals surface area contributed by atoms with Crippen LogP contribution in [0.5, 0.6) is 0 Å². The van der Waals surface area contributed by atoms with E-state index in [2.05, 4.69) is 9.97 Å². The molecule has 2 heterocycles. The molecule has 8 heteroatoms. The van der Waals surface area contributed by atoms with Crippen LogP contribution in [0.25, 0.3) is 0 Å². The predicted molar refractivity (Wildman–Crippen MR) is 59.2 cm³/mol. The summed E-state index contributed by atoms with van der Waals surface area (Å²) in [5.41, 5.74) is -1.11. The van der Waals surface area contributed by atoms with Gasteiger partial charge in [0.1, 0.15) is 24.4 Å². The molecule has 0 aliphatic carbocycles. The Morgan fingerprint density at radius 2 is 2.22 bits per heavy atom. The smallest absolute Gasteiger partial charge is 0.325 e. The number of nitrogens with one attached hydrogen (secondary N) is 2. The minimum Gasteiger partial charge on any atom is -0.394 e. The Bertz CT molecular complexity index is 524. The zero-order valence-corrected chi connectivity index (χ0v) is 9.62. The molecule has 1 fully saturated rings. The summed E-state index contributed by atoms with van der Waals surface area (Å²) in [5.74, 6) is 0. The Labute approximate surface area is 101 Å². The summed E-state index contributed by atoms with van der Waals surface area (Å²) in [7, 11) is 1.36. The number of ether oxygens (including phenoxy) is 2. The second kappa shape index (κ2) is 5.02. The zero-order valence-electron chi connectivity index (χ0n) is 9.62. The third-order valence-electron chi connectivity index (χ3n) is 2.94. The van der Waals surface area contributed by atoms with Crippen molar-refractivity contribution in [1.82, 2.24) is 9.97 Å². The summed E-state index contributed by atoms with van der Waals surface area (Å²) in [6, 6.07) is 0. The summed E-state index contributed by atoms with van der Waals surface area (Å²) < 4.78 is 10.4. The van der Waals surface area contributed by atoms with Crippen LogP contribution < -0.4 is 11.2 Å². The maximum Gasteiger partial charge on any atom is 0.325 e. The SMILES string of the molecule is CO[C@@H]1[C@H](O)[C@@H](CO)O[C@@H]1c1c[nH]c(=O)[nH]c1=O. The average Bonchev–Trinajstić information content (AvgIpc) is 2.65. The van der Waals surface area contributed by atoms with Crippen molar-refractivity contribution in [3.05, 3.63) is 32.6 Å². The number of aliphatic hydroxyl groups excluding tert-OH is 2. The molecule has 0 unspecified atom stereocenters. The van der Waals surface area contributed by atoms with Crippen LogP contribution >= 0.6 is 0 Å². The highest BCUT2D eigenvalue weighted by molar-refractivity contribution is 5.13. The quantitative estimate of drug-likeness (QED) is 0.491. The molecule has 0 bridgehead atoms. The van der Waals surface area contributed by atoms with Crippen LogP contribution in [0.4, 0.5) is 0 Å². The second-order valence-electron chi connectivity index (χ2n) is 4.00. The Hall–Kier alpha value is -1.48. The van der Waals surface area contributed by atoms with Crippen LogP contribution in [0.3, 0.4) is 0 Å². The van der Waals surface area contributed by atoms with Crippen molar-refractivity contribution < 1.29 is 19.7 Å². The molecule has 8 nitrogen and oxygen atoms in total. The molecule has 0 radical (unpaired) electrons. The van der Waals surface area contributed by atoms with Crippen LogP contribution in [0, 0.1) is 0 Å². The van der Waals surface area contributed by atoms with Crippen molar-refractivity contribution in [3.8, 4) is 0 Å². The topological polar surface area (TPSA) is 125 Å². The van der Waals surface area contributed by atoms with Crippen LogP contribution in [-0.4, -0.2) is 52.2 Å². The van der Waals surface area contributed by atoms with Gasteiger partial charge >= 0.3 is 5.69 Å². The van der Waals surface area contributed by atoms with Gasteiger partial charge in [-0.15, -0.1) is 0 Å². The van der Waals surface area contributed by atoms with E-state index >= 15 is 0 Å². The third-order valence-corrected chi connectivity index (χ3v) is 2.94. The molecule has 1 aliphatic rings. The standard InChI is InChI=1S/C10H14N2O6/c1-17-8-6(14)5(3-13)18-7(8)4-2-11-10(16)12-9(4)15/h2,5-8,13-14H,3H2,1H3,(H2,11,12,15,16)/t5-,6-,7-,8-/m1/s1. The van der Waals surface area contributed by atoms with Crippen LogP contribution in [-0.2, 0) is 9.47 Å². The van der Waals surface area contributed by atoms with Gasteiger partial charge in [-0.2, -0.15) is 0 Å². The number of hydrogen-bond acceptors (Lipinski definition) is 6. The molecule has 18 heavy (non-hydrogen) atoms. The van der Waals surface area contributed by atoms with E-state index < -0.39 is 42.3 Å². The molecule has 0 amide bonds. The third kappa shape index (κ3) is 2.10. The number of methoxy groups -OCH3 is 1. The van der Waals surface area contributed by atoms with Gasteiger partial charge in [0.25, 0.3) is 5.56 Å². The normalized spacial score (nSPS) is 31.7. The fourth-order valence-electron chi connectivity index (χ4n) is 2.03. The number of aromatic amines is 2. The van der Waals surface area contributed by atoms with Crippen molar-refractivity contribution in [3.63, 3.8) is 0 Å². The lowest BCUT2D eigenvalue weighted by Gasteiger charge is -2.17. The Kier molecular flexibility index (Phi) is 3.62. The Morgan fingerprint density at radius 1 is 1.50 bits per heavy atom. The van der Waals surface area contributed by atoms with Gasteiger partial charge in [0.05, 0.1) is 12.2 Å². The van der Waals surface area contributed by atoms with E-state index in [1.807, 2.05) is 0 Å². The lowest BCUT2D eigenvalue weighted by atomic mass is 10.0. The molecular formula is C10H14N2O6. The van der Waals surface area contributed by atoms with Gasteiger partial charge in [-0.1, -0.05) is 0 Å². The van der Waals surface area contributed by atoms with E-state index in [-0.39, 0.29) is 5.56 Å². The molecule has 0 aromatic carbocycles. The molecule has 4 atom stereocenters. The van der Waals surface area contributed by atoms with Gasteiger partial charge in [-0.05, 0) is 0 Å². The predicted octanol–water partition coefficient (Wildman–Crippen LogP) is -2.13. The van der Waals surface area contributed by atoms with Gasteiger partial charge < -0.3 is 24.7 Å². The summed E-state index contributed by atoms with van der Waals surface area (Å²) in [5, 5.41) is 18.9. The number of H-pyrrole nitrogens is 2. The number of rotatable bonds is 3. The first kappa shape index (κ1) is 13.0. The van der Waals surface area contributed by atoms with Gasteiger partial charge in [-0.25, -0.2) is 4.79 Å². The van der Waals surface area contributed by atoms with E-state index in [9.17, 15) is 14.7 Å². The minimum atomic E-state index is -1.05. The molecule has 100 valence electrons. The van der Waals surface area contributed by atoms with E-state index in [4.69, 9.17) is 14.6 Å². The fourth-order valence-corrected chi connectivity index (χ4v) is 2.03. The molecule has 4 N–H and O–H groups in total. The first-order chi connectivity index (χ1) is 8.58. The zero-order chi connectivity index (χ0) is 13.3. The highest BCUT2D eigenvalue weighted by Gasteiger charge is 2.45. The summed E-state index contributed by atoms with van der Waals surface area (Å²) >= 11 is 0. The Balaban J connectivity index is 2.38. The van der Waals surface area contributed by atoms with Crippen molar-refractivity contribution in [2.45, 2.75) is 24.4 Å². The largest absolute Gasteiger partial charge is 0.394 e. The van der Waals surface area contributed by atoms with Crippen LogP contribution in [0.15, 0.2) is 15.8 Å². The van der Waals surface area contributed by atoms with E-state index in [1.165, 1.54) is 13.3 Å².